The summed E-state index contributed by atoms with van der Waals surface area (Å²) in [5, 5.41) is 0. The molecule has 0 N–H and O–H groups in total. The molecule has 4 heteroatoms. The van der Waals surface area contributed by atoms with Gasteiger partial charge in [0.1, 0.15) is 12.4 Å². The van der Waals surface area contributed by atoms with Crippen LogP contribution in [0.3, 0.4) is 0 Å². The number of rotatable bonds is 6. The zero-order valence-electron chi connectivity index (χ0n) is 12.1. The molecule has 0 atom stereocenters. The van der Waals surface area contributed by atoms with Gasteiger partial charge in [0.05, 0.1) is 6.54 Å². The molecule has 0 unspecified atom stereocenters. The van der Waals surface area contributed by atoms with Crippen LogP contribution in [0.5, 0.6) is 5.75 Å². The van der Waals surface area contributed by atoms with Crippen molar-refractivity contribution in [1.29, 1.82) is 0 Å². The molecule has 0 fully saturated rings. The van der Waals surface area contributed by atoms with Crippen LogP contribution in [0.15, 0.2) is 60.7 Å². The summed E-state index contributed by atoms with van der Waals surface area (Å²) >= 11 is 0. The van der Waals surface area contributed by atoms with Gasteiger partial charge in [-0.15, -0.1) is 0 Å². The van der Waals surface area contributed by atoms with Gasteiger partial charge in [0, 0.05) is 12.2 Å². The lowest BCUT2D eigenvalue weighted by atomic mass is 10.3. The molecule has 0 amide bonds. The lowest BCUT2D eigenvalue weighted by molar-refractivity contribution is 0.101. The number of nitrogens with zero attached hydrogens (tertiary/aromatic N) is 1. The molecule has 0 aliphatic rings. The molecule has 2 aromatic carbocycles. The summed E-state index contributed by atoms with van der Waals surface area (Å²) < 4.78 is 10.2. The van der Waals surface area contributed by atoms with E-state index < -0.39 is 6.16 Å². The van der Waals surface area contributed by atoms with Crippen LogP contribution in [-0.2, 0) is 4.74 Å². The van der Waals surface area contributed by atoms with E-state index >= 15 is 0 Å². The number of carbonyl (C=O) groups excluding carboxylic acids is 1. The zero-order valence-corrected chi connectivity index (χ0v) is 12.1. The third kappa shape index (κ3) is 4.84. The van der Waals surface area contributed by atoms with Gasteiger partial charge in [-0.25, -0.2) is 4.79 Å². The Hall–Kier alpha value is -2.49. The minimum Gasteiger partial charge on any atom is -0.432 e. The standard InChI is InChI=1S/C17H19NO3/c1-2-18(15-9-5-3-6-10-15)13-14-20-17(19)21-16-11-7-4-8-12-16/h3-12H,2,13-14H2,1H3. The summed E-state index contributed by atoms with van der Waals surface area (Å²) in [5.74, 6) is 0.484. The number of anilines is 1. The van der Waals surface area contributed by atoms with Gasteiger partial charge in [-0.1, -0.05) is 36.4 Å². The van der Waals surface area contributed by atoms with E-state index in [1.165, 1.54) is 0 Å². The fraction of sp³-hybridized carbons (Fsp3) is 0.235. The van der Waals surface area contributed by atoms with Gasteiger partial charge in [-0.3, -0.25) is 0 Å². The topological polar surface area (TPSA) is 38.8 Å². The van der Waals surface area contributed by atoms with E-state index in [2.05, 4.69) is 11.8 Å². The molecule has 0 aromatic heterocycles. The van der Waals surface area contributed by atoms with E-state index in [1.54, 1.807) is 24.3 Å². The highest BCUT2D eigenvalue weighted by Crippen LogP contribution is 2.12. The molecule has 21 heavy (non-hydrogen) atoms. The second-order valence-electron chi connectivity index (χ2n) is 4.43. The molecule has 0 saturated carbocycles. The summed E-state index contributed by atoms with van der Waals surface area (Å²) in [5.41, 5.74) is 1.11. The van der Waals surface area contributed by atoms with Crippen LogP contribution in [0.2, 0.25) is 0 Å². The van der Waals surface area contributed by atoms with E-state index in [9.17, 15) is 4.79 Å². The SMILES string of the molecule is CCN(CCOC(=O)Oc1ccccc1)c1ccccc1. The molecule has 0 spiro atoms. The zero-order chi connectivity index (χ0) is 14.9. The molecule has 4 nitrogen and oxygen atoms in total. The first-order valence-electron chi connectivity index (χ1n) is 6.99. The minimum absolute atomic E-state index is 0.286. The maximum Gasteiger partial charge on any atom is 0.513 e. The Morgan fingerprint density at radius 1 is 1.00 bits per heavy atom. The first-order valence-corrected chi connectivity index (χ1v) is 6.99. The Morgan fingerprint density at radius 3 is 2.24 bits per heavy atom. The quantitative estimate of drug-likeness (QED) is 0.599. The van der Waals surface area contributed by atoms with Crippen molar-refractivity contribution in [2.24, 2.45) is 0 Å². The lowest BCUT2D eigenvalue weighted by Gasteiger charge is -2.22. The molecule has 0 aliphatic carbocycles. The second kappa shape index (κ2) is 7.94. The van der Waals surface area contributed by atoms with Crippen molar-refractivity contribution in [2.75, 3.05) is 24.6 Å². The van der Waals surface area contributed by atoms with Gasteiger partial charge in [-0.2, -0.15) is 0 Å². The Labute approximate surface area is 124 Å². The van der Waals surface area contributed by atoms with Gasteiger partial charge < -0.3 is 14.4 Å². The van der Waals surface area contributed by atoms with E-state index in [1.807, 2.05) is 36.4 Å². The van der Waals surface area contributed by atoms with Gasteiger partial charge in [-0.05, 0) is 31.2 Å². The average molecular weight is 285 g/mol. The first kappa shape index (κ1) is 14.9. The molecule has 0 aliphatic heterocycles. The van der Waals surface area contributed by atoms with Crippen molar-refractivity contribution in [3.8, 4) is 5.75 Å². The Bertz CT molecular complexity index is 542. The molecule has 2 aromatic rings. The molecule has 0 saturated heterocycles. The maximum absolute atomic E-state index is 11.6. The fourth-order valence-electron chi connectivity index (χ4n) is 1.96. The molecule has 0 bridgehead atoms. The largest absolute Gasteiger partial charge is 0.513 e. The van der Waals surface area contributed by atoms with Crippen LogP contribution < -0.4 is 9.64 Å². The van der Waals surface area contributed by atoms with Crippen molar-refractivity contribution < 1.29 is 14.3 Å². The van der Waals surface area contributed by atoms with Crippen LogP contribution in [0.4, 0.5) is 10.5 Å². The average Bonchev–Trinajstić information content (AvgIpc) is 2.53. The number of carbonyl (C=O) groups is 1. The Kier molecular flexibility index (Phi) is 5.64. The Morgan fingerprint density at radius 2 is 1.62 bits per heavy atom. The monoisotopic (exact) mass is 285 g/mol. The maximum atomic E-state index is 11.6. The number of likely N-dealkylation sites (N-methyl/N-ethyl adjacent to an activating group) is 1. The van der Waals surface area contributed by atoms with E-state index in [0.717, 1.165) is 12.2 Å². The highest BCUT2D eigenvalue weighted by atomic mass is 16.7. The summed E-state index contributed by atoms with van der Waals surface area (Å²) in [6.45, 7) is 3.83. The number of ether oxygens (including phenoxy) is 2. The van der Waals surface area contributed by atoms with E-state index in [-0.39, 0.29) is 6.61 Å². The molecular formula is C17H19NO3. The van der Waals surface area contributed by atoms with Crippen LogP contribution in [-0.4, -0.2) is 25.9 Å². The summed E-state index contributed by atoms with van der Waals surface area (Å²) in [6, 6.07) is 18.9. The second-order valence-corrected chi connectivity index (χ2v) is 4.43. The third-order valence-corrected chi connectivity index (χ3v) is 3.03. The van der Waals surface area contributed by atoms with Crippen molar-refractivity contribution in [2.45, 2.75) is 6.92 Å². The number of hydrogen-bond acceptors (Lipinski definition) is 4. The van der Waals surface area contributed by atoms with Gasteiger partial charge >= 0.3 is 6.16 Å². The van der Waals surface area contributed by atoms with Crippen LogP contribution in [0.1, 0.15) is 6.92 Å². The summed E-state index contributed by atoms with van der Waals surface area (Å²) in [4.78, 5) is 13.7. The third-order valence-electron chi connectivity index (χ3n) is 3.03. The minimum atomic E-state index is -0.676. The number of para-hydroxylation sites is 2. The van der Waals surface area contributed by atoms with Gasteiger partial charge in [0.15, 0.2) is 0 Å². The lowest BCUT2D eigenvalue weighted by Crippen LogP contribution is -2.28. The summed E-state index contributed by atoms with van der Waals surface area (Å²) in [6.07, 6.45) is -0.676. The van der Waals surface area contributed by atoms with Crippen molar-refractivity contribution in [3.63, 3.8) is 0 Å². The Balaban J connectivity index is 1.76. The van der Waals surface area contributed by atoms with Gasteiger partial charge in [0.25, 0.3) is 0 Å². The van der Waals surface area contributed by atoms with Crippen molar-refractivity contribution in [1.82, 2.24) is 0 Å². The molecule has 110 valence electrons. The highest BCUT2D eigenvalue weighted by molar-refractivity contribution is 5.63. The predicted octanol–water partition coefficient (Wildman–Crippen LogP) is 3.73. The van der Waals surface area contributed by atoms with Crippen LogP contribution in [0.25, 0.3) is 0 Å². The van der Waals surface area contributed by atoms with Gasteiger partial charge in [0.2, 0.25) is 0 Å². The number of benzene rings is 2. The van der Waals surface area contributed by atoms with Crippen LogP contribution >= 0.6 is 0 Å². The van der Waals surface area contributed by atoms with E-state index in [4.69, 9.17) is 9.47 Å². The molecule has 2 rings (SSSR count). The molecular weight excluding hydrogens is 266 g/mol. The molecule has 0 radical (unpaired) electrons. The summed E-state index contributed by atoms with van der Waals surface area (Å²) in [7, 11) is 0. The fourth-order valence-corrected chi connectivity index (χ4v) is 1.96. The first-order chi connectivity index (χ1) is 10.3. The highest BCUT2D eigenvalue weighted by Gasteiger charge is 2.08. The normalized spacial score (nSPS) is 9.95. The predicted molar refractivity (Wildman–Crippen MR) is 82.7 cm³/mol. The molecule has 0 heterocycles. The van der Waals surface area contributed by atoms with Crippen molar-refractivity contribution >= 4 is 11.8 Å². The number of hydrogen-bond donors (Lipinski definition) is 0. The van der Waals surface area contributed by atoms with Crippen molar-refractivity contribution in [3.05, 3.63) is 60.7 Å². The van der Waals surface area contributed by atoms with E-state index in [0.29, 0.717) is 12.3 Å². The smallest absolute Gasteiger partial charge is 0.432 e. The van der Waals surface area contributed by atoms with Crippen LogP contribution in [0, 0.1) is 0 Å².